The van der Waals surface area contributed by atoms with Gasteiger partial charge in [-0.25, -0.2) is 0 Å². The van der Waals surface area contributed by atoms with Crippen LogP contribution in [0, 0.1) is 11.3 Å². The Bertz CT molecular complexity index is 606. The summed E-state index contributed by atoms with van der Waals surface area (Å²) >= 11 is 1.46. The molecule has 3 rings (SSSR count). The number of rotatable bonds is 5. The van der Waals surface area contributed by atoms with E-state index in [9.17, 15) is 14.4 Å². The summed E-state index contributed by atoms with van der Waals surface area (Å²) in [7, 11) is 0. The van der Waals surface area contributed by atoms with Gasteiger partial charge in [-0.2, -0.15) is 11.3 Å². The molecule has 1 spiro atoms. The third kappa shape index (κ3) is 3.39. The van der Waals surface area contributed by atoms with Crippen LogP contribution in [0.25, 0.3) is 0 Å². The topological polar surface area (TPSA) is 86.7 Å². The SMILES string of the molecule is O=C(NCCC(=O)N1CCC2(CC1)CC2C(=O)O)c1ccsc1. The monoisotopic (exact) mass is 336 g/mol. The molecular weight excluding hydrogens is 316 g/mol. The van der Waals surface area contributed by atoms with Crippen molar-refractivity contribution in [2.45, 2.75) is 25.7 Å². The summed E-state index contributed by atoms with van der Waals surface area (Å²) in [5.41, 5.74) is 0.561. The van der Waals surface area contributed by atoms with Gasteiger partial charge >= 0.3 is 5.97 Å². The first-order chi connectivity index (χ1) is 11.0. The first kappa shape index (κ1) is 16.0. The molecule has 1 aromatic rings. The van der Waals surface area contributed by atoms with Gasteiger partial charge in [0.25, 0.3) is 5.91 Å². The van der Waals surface area contributed by atoms with Crippen molar-refractivity contribution >= 4 is 29.1 Å². The maximum Gasteiger partial charge on any atom is 0.307 e. The van der Waals surface area contributed by atoms with Gasteiger partial charge in [0, 0.05) is 37.0 Å². The summed E-state index contributed by atoms with van der Waals surface area (Å²) in [6.07, 6.45) is 2.58. The van der Waals surface area contributed by atoms with E-state index in [4.69, 9.17) is 5.11 Å². The summed E-state index contributed by atoms with van der Waals surface area (Å²) < 4.78 is 0. The lowest BCUT2D eigenvalue weighted by molar-refractivity contribution is -0.139. The van der Waals surface area contributed by atoms with Gasteiger partial charge < -0.3 is 15.3 Å². The first-order valence-corrected chi connectivity index (χ1v) is 8.77. The van der Waals surface area contributed by atoms with E-state index < -0.39 is 5.97 Å². The zero-order chi connectivity index (χ0) is 16.4. The number of thiophene rings is 1. The van der Waals surface area contributed by atoms with Crippen LogP contribution < -0.4 is 5.32 Å². The summed E-state index contributed by atoms with van der Waals surface area (Å²) in [4.78, 5) is 36.8. The van der Waals surface area contributed by atoms with E-state index in [1.165, 1.54) is 11.3 Å². The highest BCUT2D eigenvalue weighted by Gasteiger charge is 2.59. The maximum absolute atomic E-state index is 12.2. The minimum atomic E-state index is -0.707. The van der Waals surface area contributed by atoms with Gasteiger partial charge in [-0.05, 0) is 36.1 Å². The van der Waals surface area contributed by atoms with Crippen molar-refractivity contribution in [1.82, 2.24) is 10.2 Å². The Morgan fingerprint density at radius 2 is 2.09 bits per heavy atom. The Morgan fingerprint density at radius 1 is 1.35 bits per heavy atom. The number of nitrogens with zero attached hydrogens (tertiary/aromatic N) is 1. The second kappa shape index (κ2) is 6.31. The number of carbonyl (C=O) groups is 3. The van der Waals surface area contributed by atoms with Crippen LogP contribution in [0.3, 0.4) is 0 Å². The predicted molar refractivity (Wildman–Crippen MR) is 85.3 cm³/mol. The molecule has 0 radical (unpaired) electrons. The van der Waals surface area contributed by atoms with E-state index in [0.717, 1.165) is 19.3 Å². The second-order valence-corrected chi connectivity index (χ2v) is 7.14. The average Bonchev–Trinajstić information content (AvgIpc) is 2.99. The number of hydrogen-bond acceptors (Lipinski definition) is 4. The fourth-order valence-corrected chi connectivity index (χ4v) is 4.02. The zero-order valence-electron chi connectivity index (χ0n) is 12.8. The first-order valence-electron chi connectivity index (χ1n) is 7.83. The molecule has 2 amide bonds. The molecular formula is C16H20N2O4S. The molecule has 6 nitrogen and oxygen atoms in total. The van der Waals surface area contributed by atoms with Crippen LogP contribution in [-0.4, -0.2) is 47.4 Å². The van der Waals surface area contributed by atoms with Gasteiger partial charge in [-0.3, -0.25) is 14.4 Å². The van der Waals surface area contributed by atoms with Crippen molar-refractivity contribution in [1.29, 1.82) is 0 Å². The van der Waals surface area contributed by atoms with E-state index in [1.807, 2.05) is 5.38 Å². The lowest BCUT2D eigenvalue weighted by Crippen LogP contribution is -2.41. The van der Waals surface area contributed by atoms with E-state index in [-0.39, 0.29) is 29.6 Å². The second-order valence-electron chi connectivity index (χ2n) is 6.36. The van der Waals surface area contributed by atoms with Gasteiger partial charge in [0.2, 0.25) is 5.91 Å². The van der Waals surface area contributed by atoms with Crippen molar-refractivity contribution in [3.63, 3.8) is 0 Å². The number of likely N-dealkylation sites (tertiary alicyclic amines) is 1. The summed E-state index contributed by atoms with van der Waals surface area (Å²) in [5, 5.41) is 15.4. The zero-order valence-corrected chi connectivity index (χ0v) is 13.6. The molecule has 1 atom stereocenters. The number of carboxylic acid groups (broad SMARTS) is 1. The number of nitrogens with one attached hydrogen (secondary N) is 1. The molecule has 0 bridgehead atoms. The number of carbonyl (C=O) groups excluding carboxylic acids is 2. The Kier molecular flexibility index (Phi) is 4.39. The highest BCUT2D eigenvalue weighted by molar-refractivity contribution is 7.08. The van der Waals surface area contributed by atoms with Crippen LogP contribution in [0.4, 0.5) is 0 Å². The molecule has 2 fully saturated rings. The number of carboxylic acids is 1. The van der Waals surface area contributed by atoms with Crippen LogP contribution in [0.2, 0.25) is 0 Å². The van der Waals surface area contributed by atoms with Gasteiger partial charge in [0.05, 0.1) is 5.92 Å². The van der Waals surface area contributed by atoms with E-state index in [1.54, 1.807) is 16.3 Å². The quantitative estimate of drug-likeness (QED) is 0.855. The van der Waals surface area contributed by atoms with Gasteiger partial charge in [0.1, 0.15) is 0 Å². The highest BCUT2D eigenvalue weighted by Crippen LogP contribution is 2.59. The lowest BCUT2D eigenvalue weighted by atomic mass is 9.90. The van der Waals surface area contributed by atoms with Gasteiger partial charge in [0.15, 0.2) is 0 Å². The molecule has 1 unspecified atom stereocenters. The van der Waals surface area contributed by atoms with Crippen molar-refractivity contribution in [3.05, 3.63) is 22.4 Å². The van der Waals surface area contributed by atoms with Gasteiger partial charge in [-0.1, -0.05) is 0 Å². The molecule has 1 saturated carbocycles. The van der Waals surface area contributed by atoms with Crippen molar-refractivity contribution in [2.75, 3.05) is 19.6 Å². The normalized spacial score (nSPS) is 21.9. The lowest BCUT2D eigenvalue weighted by Gasteiger charge is -2.32. The van der Waals surface area contributed by atoms with E-state index in [2.05, 4.69) is 5.32 Å². The Labute approximate surface area is 138 Å². The van der Waals surface area contributed by atoms with E-state index in [0.29, 0.717) is 25.2 Å². The molecule has 2 heterocycles. The summed E-state index contributed by atoms with van der Waals surface area (Å²) in [5.74, 6) is -1.05. The minimum absolute atomic E-state index is 0.0259. The fraction of sp³-hybridized carbons (Fsp3) is 0.562. The largest absolute Gasteiger partial charge is 0.481 e. The standard InChI is InChI=1S/C16H20N2O4S/c19-13(1-5-17-14(20)11-2-8-23-10-11)18-6-3-16(4-7-18)9-12(16)15(21)22/h2,8,10,12H,1,3-7,9H2,(H,17,20)(H,21,22). The fourth-order valence-electron chi connectivity index (χ4n) is 3.39. The van der Waals surface area contributed by atoms with Crippen molar-refractivity contribution in [3.8, 4) is 0 Å². The summed E-state index contributed by atoms with van der Waals surface area (Å²) in [6.45, 7) is 1.58. The summed E-state index contributed by atoms with van der Waals surface area (Å²) in [6, 6.07) is 1.75. The molecule has 124 valence electrons. The Morgan fingerprint density at radius 3 is 2.65 bits per heavy atom. The van der Waals surface area contributed by atoms with Crippen LogP contribution in [0.1, 0.15) is 36.0 Å². The molecule has 1 saturated heterocycles. The molecule has 1 aliphatic carbocycles. The van der Waals surface area contributed by atoms with Gasteiger partial charge in [-0.15, -0.1) is 0 Å². The smallest absolute Gasteiger partial charge is 0.307 e. The van der Waals surface area contributed by atoms with E-state index >= 15 is 0 Å². The van der Waals surface area contributed by atoms with Crippen LogP contribution >= 0.6 is 11.3 Å². The molecule has 23 heavy (non-hydrogen) atoms. The molecule has 2 N–H and O–H groups in total. The van der Waals surface area contributed by atoms with Crippen molar-refractivity contribution < 1.29 is 19.5 Å². The number of piperidine rings is 1. The average molecular weight is 336 g/mol. The predicted octanol–water partition coefficient (Wildman–Crippen LogP) is 1.58. The molecule has 1 aromatic heterocycles. The Hall–Kier alpha value is -1.89. The number of aliphatic carboxylic acids is 1. The van der Waals surface area contributed by atoms with Crippen molar-refractivity contribution in [2.24, 2.45) is 11.3 Å². The number of hydrogen-bond donors (Lipinski definition) is 2. The molecule has 7 heteroatoms. The maximum atomic E-state index is 12.2. The third-order valence-corrected chi connectivity index (χ3v) is 5.69. The van der Waals surface area contributed by atoms with Crippen LogP contribution in [-0.2, 0) is 9.59 Å². The number of amides is 2. The molecule has 2 aliphatic rings. The van der Waals surface area contributed by atoms with Crippen LogP contribution in [0.15, 0.2) is 16.8 Å². The molecule has 1 aliphatic heterocycles. The minimum Gasteiger partial charge on any atom is -0.481 e. The Balaban J connectivity index is 1.39. The highest BCUT2D eigenvalue weighted by atomic mass is 32.1. The molecule has 0 aromatic carbocycles. The van der Waals surface area contributed by atoms with Crippen LogP contribution in [0.5, 0.6) is 0 Å². The third-order valence-electron chi connectivity index (χ3n) is 5.01.